The van der Waals surface area contributed by atoms with E-state index in [2.05, 4.69) is 45.4 Å². The Kier molecular flexibility index (Phi) is 7.45. The number of benzene rings is 1. The highest BCUT2D eigenvalue weighted by atomic mass is 16.7. The van der Waals surface area contributed by atoms with Gasteiger partial charge in [-0.3, -0.25) is 0 Å². The van der Waals surface area contributed by atoms with Crippen LogP contribution in [0.5, 0.6) is 5.75 Å². The molecule has 6 nitrogen and oxygen atoms in total. The number of rotatable bonds is 7. The quantitative estimate of drug-likeness (QED) is 0.439. The van der Waals surface area contributed by atoms with Gasteiger partial charge in [0.25, 0.3) is 0 Å². The molecule has 2 heterocycles. The second-order valence-corrected chi connectivity index (χ2v) is 7.35. The molecule has 0 radical (unpaired) electrons. The highest BCUT2D eigenvalue weighted by Crippen LogP contribution is 2.32. The molecule has 1 aromatic carbocycles. The maximum absolute atomic E-state index is 5.86. The molecule has 0 unspecified atom stereocenters. The van der Waals surface area contributed by atoms with Gasteiger partial charge in [0.1, 0.15) is 11.6 Å². The van der Waals surface area contributed by atoms with Crippen LogP contribution in [0.2, 0.25) is 0 Å². The van der Waals surface area contributed by atoms with Crippen molar-refractivity contribution in [3.63, 3.8) is 0 Å². The highest BCUT2D eigenvalue weighted by molar-refractivity contribution is 5.71. The fraction of sp³-hybridized carbons (Fsp3) is 0.478. The summed E-state index contributed by atoms with van der Waals surface area (Å²) in [6.45, 7) is 8.78. The summed E-state index contributed by atoms with van der Waals surface area (Å²) in [7, 11) is 2.16. The van der Waals surface area contributed by atoms with E-state index < -0.39 is 0 Å². The van der Waals surface area contributed by atoms with Crippen LogP contribution in [-0.2, 0) is 4.74 Å². The predicted octanol–water partition coefficient (Wildman–Crippen LogP) is 3.70. The van der Waals surface area contributed by atoms with E-state index in [9.17, 15) is 0 Å². The summed E-state index contributed by atoms with van der Waals surface area (Å²) >= 11 is 0. The SMILES string of the molecule is CC#Cc1ccc(-c2nnc(N[C@@H]3CCCN(C)C3)cc2C)c(OCOCC)c1. The van der Waals surface area contributed by atoms with Crippen molar-refractivity contribution < 1.29 is 9.47 Å². The van der Waals surface area contributed by atoms with Gasteiger partial charge in [-0.15, -0.1) is 16.1 Å². The summed E-state index contributed by atoms with van der Waals surface area (Å²) in [6.07, 6.45) is 2.36. The molecule has 1 N–H and O–H groups in total. The number of nitrogens with one attached hydrogen (secondary N) is 1. The van der Waals surface area contributed by atoms with Crippen LogP contribution in [0, 0.1) is 18.8 Å². The van der Waals surface area contributed by atoms with Crippen molar-refractivity contribution in [2.45, 2.75) is 39.7 Å². The fourth-order valence-corrected chi connectivity index (χ4v) is 3.56. The van der Waals surface area contributed by atoms with E-state index in [1.54, 1.807) is 0 Å². The van der Waals surface area contributed by atoms with Gasteiger partial charge < -0.3 is 19.7 Å². The first kappa shape index (κ1) is 21.1. The maximum atomic E-state index is 5.86. The first-order chi connectivity index (χ1) is 14.1. The number of aryl methyl sites for hydroxylation is 1. The summed E-state index contributed by atoms with van der Waals surface area (Å²) in [5, 5.41) is 12.5. The smallest absolute Gasteiger partial charge is 0.189 e. The van der Waals surface area contributed by atoms with E-state index in [4.69, 9.17) is 9.47 Å². The van der Waals surface area contributed by atoms with Crippen molar-refractivity contribution in [2.75, 3.05) is 38.9 Å². The molecular weight excluding hydrogens is 364 g/mol. The van der Waals surface area contributed by atoms with Crippen LogP contribution in [0.25, 0.3) is 11.3 Å². The van der Waals surface area contributed by atoms with Crippen molar-refractivity contribution in [3.8, 4) is 28.8 Å². The number of hydrogen-bond donors (Lipinski definition) is 1. The molecule has 1 aliphatic rings. The number of anilines is 1. The third-order valence-electron chi connectivity index (χ3n) is 4.97. The summed E-state index contributed by atoms with van der Waals surface area (Å²) in [6, 6.07) is 8.36. The normalized spacial score (nSPS) is 16.8. The standard InChI is InChI=1S/C23H30N4O2/c1-5-8-18-10-11-20(21(14-18)29-16-28-6-2)23-17(3)13-22(25-26-23)24-19-9-7-12-27(4)15-19/h10-11,13-14,19H,6-7,9,12,15-16H2,1-4H3,(H,24,25)/t19-/m1/s1. The molecule has 3 rings (SSSR count). The topological polar surface area (TPSA) is 59.5 Å². The number of likely N-dealkylation sites (tertiary alicyclic amines) is 1. The molecule has 6 heteroatoms. The van der Waals surface area contributed by atoms with Crippen LogP contribution in [0.15, 0.2) is 24.3 Å². The fourth-order valence-electron chi connectivity index (χ4n) is 3.56. The Morgan fingerprint density at radius 1 is 1.28 bits per heavy atom. The van der Waals surface area contributed by atoms with Gasteiger partial charge in [0.15, 0.2) is 6.79 Å². The average Bonchev–Trinajstić information content (AvgIpc) is 2.69. The highest BCUT2D eigenvalue weighted by Gasteiger charge is 2.18. The van der Waals surface area contributed by atoms with Crippen LogP contribution in [0.1, 0.15) is 37.8 Å². The van der Waals surface area contributed by atoms with Gasteiger partial charge in [-0.25, -0.2) is 0 Å². The van der Waals surface area contributed by atoms with Gasteiger partial charge in [0, 0.05) is 30.3 Å². The van der Waals surface area contributed by atoms with Gasteiger partial charge in [0.05, 0.1) is 5.69 Å². The molecule has 0 aliphatic carbocycles. The van der Waals surface area contributed by atoms with E-state index in [-0.39, 0.29) is 6.79 Å². The number of ether oxygens (including phenoxy) is 2. The molecule has 0 bridgehead atoms. The molecule has 1 aromatic heterocycles. The molecule has 29 heavy (non-hydrogen) atoms. The predicted molar refractivity (Wildman–Crippen MR) is 116 cm³/mol. The zero-order valence-electron chi connectivity index (χ0n) is 17.8. The number of piperidine rings is 1. The second kappa shape index (κ2) is 10.2. The van der Waals surface area contributed by atoms with Crippen LogP contribution in [0.4, 0.5) is 5.82 Å². The van der Waals surface area contributed by atoms with E-state index in [0.717, 1.165) is 47.7 Å². The number of aromatic nitrogens is 2. The van der Waals surface area contributed by atoms with E-state index >= 15 is 0 Å². The Hall–Kier alpha value is -2.62. The Bertz CT molecular complexity index is 888. The van der Waals surface area contributed by atoms with Crippen LogP contribution < -0.4 is 10.1 Å². The number of nitrogens with zero attached hydrogens (tertiary/aromatic N) is 3. The summed E-state index contributed by atoms with van der Waals surface area (Å²) < 4.78 is 11.2. The van der Waals surface area contributed by atoms with E-state index in [0.29, 0.717) is 18.4 Å². The first-order valence-corrected chi connectivity index (χ1v) is 10.2. The molecule has 0 amide bonds. The number of hydrogen-bond acceptors (Lipinski definition) is 6. The minimum Gasteiger partial charge on any atom is -0.467 e. The Balaban J connectivity index is 1.83. The Labute approximate surface area is 173 Å². The van der Waals surface area contributed by atoms with Crippen LogP contribution in [-0.4, -0.2) is 54.7 Å². The minimum atomic E-state index is 0.188. The Morgan fingerprint density at radius 3 is 2.86 bits per heavy atom. The molecule has 1 saturated heterocycles. The molecule has 1 atom stereocenters. The monoisotopic (exact) mass is 394 g/mol. The zero-order valence-corrected chi connectivity index (χ0v) is 17.8. The van der Waals surface area contributed by atoms with Crippen LogP contribution in [0.3, 0.4) is 0 Å². The minimum absolute atomic E-state index is 0.188. The lowest BCUT2D eigenvalue weighted by atomic mass is 10.0. The molecule has 154 valence electrons. The molecular formula is C23H30N4O2. The van der Waals surface area contributed by atoms with E-state index in [1.807, 2.05) is 39.0 Å². The maximum Gasteiger partial charge on any atom is 0.189 e. The summed E-state index contributed by atoms with van der Waals surface area (Å²) in [5.74, 6) is 7.51. The van der Waals surface area contributed by atoms with Crippen molar-refractivity contribution in [1.29, 1.82) is 0 Å². The third kappa shape index (κ3) is 5.69. The lowest BCUT2D eigenvalue weighted by molar-refractivity contribution is 0.0227. The van der Waals surface area contributed by atoms with E-state index in [1.165, 1.54) is 6.42 Å². The van der Waals surface area contributed by atoms with Crippen molar-refractivity contribution in [1.82, 2.24) is 15.1 Å². The molecule has 1 aliphatic heterocycles. The van der Waals surface area contributed by atoms with Gasteiger partial charge in [-0.1, -0.05) is 5.92 Å². The Morgan fingerprint density at radius 2 is 2.14 bits per heavy atom. The molecule has 2 aromatic rings. The summed E-state index contributed by atoms with van der Waals surface area (Å²) in [4.78, 5) is 2.35. The molecule has 0 saturated carbocycles. The van der Waals surface area contributed by atoms with Gasteiger partial charge in [-0.05, 0) is 77.0 Å². The summed E-state index contributed by atoms with van der Waals surface area (Å²) in [5.41, 5.74) is 3.63. The van der Waals surface area contributed by atoms with Crippen molar-refractivity contribution in [3.05, 3.63) is 35.4 Å². The molecule has 0 spiro atoms. The van der Waals surface area contributed by atoms with Crippen molar-refractivity contribution in [2.24, 2.45) is 0 Å². The van der Waals surface area contributed by atoms with Crippen LogP contribution >= 0.6 is 0 Å². The largest absolute Gasteiger partial charge is 0.467 e. The van der Waals surface area contributed by atoms with Gasteiger partial charge in [0.2, 0.25) is 0 Å². The van der Waals surface area contributed by atoms with Crippen molar-refractivity contribution >= 4 is 5.82 Å². The lowest BCUT2D eigenvalue weighted by Gasteiger charge is -2.30. The van der Waals surface area contributed by atoms with Gasteiger partial charge in [-0.2, -0.15) is 0 Å². The second-order valence-electron chi connectivity index (χ2n) is 7.35. The average molecular weight is 395 g/mol. The molecule has 1 fully saturated rings. The third-order valence-corrected chi connectivity index (χ3v) is 4.97. The number of likely N-dealkylation sites (N-methyl/N-ethyl adjacent to an activating group) is 1. The zero-order chi connectivity index (χ0) is 20.6. The lowest BCUT2D eigenvalue weighted by Crippen LogP contribution is -2.39. The van der Waals surface area contributed by atoms with Gasteiger partial charge >= 0.3 is 0 Å². The first-order valence-electron chi connectivity index (χ1n) is 10.2.